The Morgan fingerprint density at radius 1 is 1.62 bits per heavy atom. The van der Waals surface area contributed by atoms with E-state index in [0.717, 1.165) is 0 Å². The number of Topliss-reactive ketones (excluding diaryl/α,β-unsaturated/α-hetero) is 1. The molecule has 0 aliphatic heterocycles. The Hall–Kier alpha value is -1.43. The van der Waals surface area contributed by atoms with Gasteiger partial charge in [0.15, 0.2) is 5.78 Å². The van der Waals surface area contributed by atoms with E-state index >= 15 is 0 Å². The Balaban J connectivity index is 3.17. The number of amides is 1. The number of nitrogens with one attached hydrogen (secondary N) is 1. The summed E-state index contributed by atoms with van der Waals surface area (Å²) in [6, 6.07) is 2.63. The van der Waals surface area contributed by atoms with Gasteiger partial charge in [-0.15, -0.1) is 0 Å². The molecule has 0 aliphatic rings. The highest BCUT2D eigenvalue weighted by molar-refractivity contribution is 9.10. The summed E-state index contributed by atoms with van der Waals surface area (Å²) in [6.07, 6.45) is 0.480. The second-order valence-electron chi connectivity index (χ2n) is 3.06. The maximum atomic E-state index is 11.4. The molecule has 1 amide bonds. The minimum atomic E-state index is -0.729. The third-order valence-electron chi connectivity index (χ3n) is 2.00. The van der Waals surface area contributed by atoms with Gasteiger partial charge in [0.25, 0.3) is 0 Å². The molecule has 0 fully saturated rings. The molecule has 0 saturated heterocycles. The van der Waals surface area contributed by atoms with Crippen molar-refractivity contribution in [3.8, 4) is 5.88 Å². The molecule has 0 radical (unpaired) electrons. The van der Waals surface area contributed by atoms with E-state index < -0.39 is 6.04 Å². The Labute approximate surface area is 101 Å². The molecular formula is C10H11BrN2O3. The minimum absolute atomic E-state index is 0.186. The maximum absolute atomic E-state index is 11.4. The zero-order valence-electron chi connectivity index (χ0n) is 8.86. The second-order valence-corrected chi connectivity index (χ2v) is 3.87. The van der Waals surface area contributed by atoms with Crippen LogP contribution in [0, 0.1) is 0 Å². The van der Waals surface area contributed by atoms with Gasteiger partial charge in [-0.05, 0) is 35.0 Å². The van der Waals surface area contributed by atoms with E-state index in [0.29, 0.717) is 22.5 Å². The van der Waals surface area contributed by atoms with Gasteiger partial charge in [-0.25, -0.2) is 4.98 Å². The molecular weight excluding hydrogens is 276 g/mol. The van der Waals surface area contributed by atoms with E-state index in [4.69, 9.17) is 4.74 Å². The van der Waals surface area contributed by atoms with Crippen LogP contribution in [0.25, 0.3) is 0 Å². The lowest BCUT2D eigenvalue weighted by Crippen LogP contribution is -2.26. The van der Waals surface area contributed by atoms with Crippen LogP contribution >= 0.6 is 15.9 Å². The number of halogens is 1. The molecule has 86 valence electrons. The fourth-order valence-electron chi connectivity index (χ4n) is 1.31. The summed E-state index contributed by atoms with van der Waals surface area (Å²) in [6.45, 7) is 1.39. The summed E-state index contributed by atoms with van der Waals surface area (Å²) in [5, 5.41) is 2.43. The lowest BCUT2D eigenvalue weighted by atomic mass is 10.1. The first kappa shape index (κ1) is 12.6. The number of pyridine rings is 1. The van der Waals surface area contributed by atoms with Crippen LogP contribution in [-0.2, 0) is 9.59 Å². The van der Waals surface area contributed by atoms with E-state index in [1.165, 1.54) is 14.0 Å². The van der Waals surface area contributed by atoms with Gasteiger partial charge in [-0.3, -0.25) is 9.59 Å². The average molecular weight is 287 g/mol. The third-order valence-corrected chi connectivity index (χ3v) is 2.44. The molecule has 0 spiro atoms. The number of nitrogens with zero attached hydrogens (tertiary/aromatic N) is 1. The van der Waals surface area contributed by atoms with Gasteiger partial charge < -0.3 is 10.1 Å². The summed E-state index contributed by atoms with van der Waals surface area (Å²) >= 11 is 3.20. The van der Waals surface area contributed by atoms with E-state index in [2.05, 4.69) is 26.2 Å². The molecule has 6 heteroatoms. The minimum Gasteiger partial charge on any atom is -0.481 e. The van der Waals surface area contributed by atoms with Crippen LogP contribution in [-0.4, -0.2) is 24.3 Å². The summed E-state index contributed by atoms with van der Waals surface area (Å²) in [7, 11) is 1.45. The second kappa shape index (κ2) is 5.60. The van der Waals surface area contributed by atoms with Crippen molar-refractivity contribution in [3.63, 3.8) is 0 Å². The van der Waals surface area contributed by atoms with Crippen LogP contribution in [0.3, 0.4) is 0 Å². The van der Waals surface area contributed by atoms with Crippen molar-refractivity contribution < 1.29 is 14.3 Å². The zero-order valence-corrected chi connectivity index (χ0v) is 10.4. The van der Waals surface area contributed by atoms with Crippen LogP contribution in [0.2, 0.25) is 0 Å². The molecule has 0 bridgehead atoms. The van der Waals surface area contributed by atoms with E-state index in [9.17, 15) is 9.59 Å². The summed E-state index contributed by atoms with van der Waals surface area (Å²) in [4.78, 5) is 25.9. The Morgan fingerprint density at radius 2 is 2.31 bits per heavy atom. The van der Waals surface area contributed by atoms with Crippen LogP contribution in [0.1, 0.15) is 18.5 Å². The molecule has 0 saturated carbocycles. The highest BCUT2D eigenvalue weighted by Crippen LogP contribution is 2.25. The third kappa shape index (κ3) is 2.79. The number of hydrogen-bond donors (Lipinski definition) is 1. The summed E-state index contributed by atoms with van der Waals surface area (Å²) in [5.74, 6) is 0.124. The largest absolute Gasteiger partial charge is 0.481 e. The van der Waals surface area contributed by atoms with Crippen molar-refractivity contribution in [1.29, 1.82) is 0 Å². The molecule has 0 aliphatic carbocycles. The normalized spacial score (nSPS) is 11.7. The molecule has 16 heavy (non-hydrogen) atoms. The van der Waals surface area contributed by atoms with Crippen molar-refractivity contribution in [2.75, 3.05) is 7.11 Å². The molecule has 1 aromatic rings. The molecule has 1 unspecified atom stereocenters. The number of ether oxygens (including phenoxy) is 1. The summed E-state index contributed by atoms with van der Waals surface area (Å²) < 4.78 is 5.65. The van der Waals surface area contributed by atoms with Crippen molar-refractivity contribution in [2.24, 2.45) is 0 Å². The molecule has 1 aromatic heterocycles. The highest BCUT2D eigenvalue weighted by Gasteiger charge is 2.20. The van der Waals surface area contributed by atoms with Gasteiger partial charge in [0.2, 0.25) is 12.3 Å². The van der Waals surface area contributed by atoms with Gasteiger partial charge in [0, 0.05) is 5.56 Å². The van der Waals surface area contributed by atoms with Crippen LogP contribution in [0.15, 0.2) is 16.7 Å². The standard InChI is InChI=1S/C10H11BrN2O3/c1-6(15)9(12-5-14)7-3-4-8(11)13-10(7)16-2/h3-5,9H,1-2H3,(H,12,14). The zero-order chi connectivity index (χ0) is 12.1. The lowest BCUT2D eigenvalue weighted by molar-refractivity contribution is -0.122. The average Bonchev–Trinajstić information content (AvgIpc) is 2.26. The Morgan fingerprint density at radius 3 is 2.81 bits per heavy atom. The van der Waals surface area contributed by atoms with Crippen LogP contribution in [0.4, 0.5) is 0 Å². The van der Waals surface area contributed by atoms with E-state index in [1.807, 2.05) is 0 Å². The first-order valence-electron chi connectivity index (χ1n) is 4.50. The van der Waals surface area contributed by atoms with Gasteiger partial charge in [-0.2, -0.15) is 0 Å². The van der Waals surface area contributed by atoms with Crippen LogP contribution in [0.5, 0.6) is 5.88 Å². The quantitative estimate of drug-likeness (QED) is 0.653. The SMILES string of the molecule is COc1nc(Br)ccc1C(NC=O)C(C)=O. The number of methoxy groups -OCH3 is 1. The van der Waals surface area contributed by atoms with Gasteiger partial charge in [0.05, 0.1) is 7.11 Å². The monoisotopic (exact) mass is 286 g/mol. The molecule has 1 atom stereocenters. The number of ketones is 1. The highest BCUT2D eigenvalue weighted by atomic mass is 79.9. The lowest BCUT2D eigenvalue weighted by Gasteiger charge is -2.15. The Bertz CT molecular complexity index is 409. The van der Waals surface area contributed by atoms with Gasteiger partial charge >= 0.3 is 0 Å². The smallest absolute Gasteiger partial charge is 0.219 e. The van der Waals surface area contributed by atoms with Gasteiger partial charge in [-0.1, -0.05) is 0 Å². The first-order valence-corrected chi connectivity index (χ1v) is 5.30. The van der Waals surface area contributed by atoms with E-state index in [1.54, 1.807) is 12.1 Å². The predicted octanol–water partition coefficient (Wildman–Crippen LogP) is 1.23. The summed E-state index contributed by atoms with van der Waals surface area (Å²) in [5.41, 5.74) is 0.533. The fourth-order valence-corrected chi connectivity index (χ4v) is 1.60. The molecule has 5 nitrogen and oxygen atoms in total. The van der Waals surface area contributed by atoms with Gasteiger partial charge in [0.1, 0.15) is 10.6 Å². The fraction of sp³-hybridized carbons (Fsp3) is 0.300. The van der Waals surface area contributed by atoms with Crippen LogP contribution < -0.4 is 10.1 Å². The predicted molar refractivity (Wildman–Crippen MR) is 61.1 cm³/mol. The van der Waals surface area contributed by atoms with E-state index in [-0.39, 0.29) is 5.78 Å². The van der Waals surface area contributed by atoms with Crippen molar-refractivity contribution in [1.82, 2.24) is 10.3 Å². The molecule has 1 heterocycles. The number of aromatic nitrogens is 1. The topological polar surface area (TPSA) is 68.3 Å². The number of carbonyl (C=O) groups is 2. The maximum Gasteiger partial charge on any atom is 0.219 e. The Kier molecular flexibility index (Phi) is 4.42. The van der Waals surface area contributed by atoms with Crippen molar-refractivity contribution >= 4 is 28.1 Å². The molecule has 1 rings (SSSR count). The first-order chi connectivity index (χ1) is 7.60. The number of hydrogen-bond acceptors (Lipinski definition) is 4. The number of rotatable bonds is 5. The van der Waals surface area contributed by atoms with Crippen molar-refractivity contribution in [3.05, 3.63) is 22.3 Å². The van der Waals surface area contributed by atoms with Crippen molar-refractivity contribution in [2.45, 2.75) is 13.0 Å². The number of carbonyl (C=O) groups excluding carboxylic acids is 2. The molecule has 0 aromatic carbocycles. The molecule has 1 N–H and O–H groups in total.